The van der Waals surface area contributed by atoms with Gasteiger partial charge in [0.1, 0.15) is 0 Å². The van der Waals surface area contributed by atoms with E-state index in [-0.39, 0.29) is 12.2 Å². The molecule has 0 bridgehead atoms. The van der Waals surface area contributed by atoms with E-state index in [9.17, 15) is 84.5 Å². The predicted molar refractivity (Wildman–Crippen MR) is 92.7 cm³/mol. The predicted octanol–water partition coefficient (Wildman–Crippen LogP) is 7.30. The zero-order valence-corrected chi connectivity index (χ0v) is 18.5. The van der Waals surface area contributed by atoms with Crippen molar-refractivity contribution in [3.05, 3.63) is 35.4 Å². The molecule has 1 rings (SSSR count). The van der Waals surface area contributed by atoms with Crippen LogP contribution in [0.25, 0.3) is 0 Å². The van der Waals surface area contributed by atoms with Gasteiger partial charge in [0.25, 0.3) is 0 Å². The Balaban J connectivity index is 3.44. The van der Waals surface area contributed by atoms with Crippen LogP contribution in [0.15, 0.2) is 24.3 Å². The summed E-state index contributed by atoms with van der Waals surface area (Å²) in [5.74, 6) is -58.3. The van der Waals surface area contributed by atoms with Crippen molar-refractivity contribution in [3.63, 3.8) is 0 Å². The molecule has 0 aliphatic rings. The van der Waals surface area contributed by atoms with Crippen molar-refractivity contribution in [1.29, 1.82) is 0 Å². The lowest BCUT2D eigenvalue weighted by Crippen LogP contribution is -2.74. The summed E-state index contributed by atoms with van der Waals surface area (Å²) in [7, 11) is 0. The number of aliphatic hydroxyl groups is 1. The molecule has 0 fully saturated rings. The molecular formula is C19H13F17O3. The van der Waals surface area contributed by atoms with Gasteiger partial charge in [-0.3, -0.25) is 0 Å². The van der Waals surface area contributed by atoms with Crippen LogP contribution < -0.4 is 0 Å². The maximum Gasteiger partial charge on any atom is 0.460 e. The van der Waals surface area contributed by atoms with Crippen LogP contribution in [0.3, 0.4) is 0 Å². The van der Waals surface area contributed by atoms with Crippen molar-refractivity contribution >= 4 is 5.97 Å². The third kappa shape index (κ3) is 5.31. The van der Waals surface area contributed by atoms with Gasteiger partial charge in [-0.05, 0) is 24.6 Å². The van der Waals surface area contributed by atoms with E-state index in [1.54, 1.807) is 0 Å². The van der Waals surface area contributed by atoms with E-state index in [4.69, 9.17) is 0 Å². The van der Waals surface area contributed by atoms with Crippen molar-refractivity contribution < 1.29 is 89.3 Å². The van der Waals surface area contributed by atoms with Gasteiger partial charge in [0.05, 0.1) is 18.3 Å². The lowest BCUT2D eigenvalue weighted by molar-refractivity contribution is -0.462. The molecule has 39 heavy (non-hydrogen) atoms. The van der Waals surface area contributed by atoms with E-state index in [2.05, 4.69) is 4.74 Å². The van der Waals surface area contributed by atoms with Crippen LogP contribution in [0.5, 0.6) is 0 Å². The maximum atomic E-state index is 14.0. The number of benzene rings is 1. The molecule has 0 saturated heterocycles. The van der Waals surface area contributed by atoms with E-state index in [1.165, 1.54) is 6.92 Å². The molecule has 20 heteroatoms. The summed E-state index contributed by atoms with van der Waals surface area (Å²) in [6.45, 7) is 1.19. The fourth-order valence-electron chi connectivity index (χ4n) is 2.74. The highest BCUT2D eigenvalue weighted by atomic mass is 19.4. The maximum absolute atomic E-state index is 14.0. The molecule has 0 heterocycles. The third-order valence-electron chi connectivity index (χ3n) is 5.04. The molecule has 226 valence electrons. The van der Waals surface area contributed by atoms with Gasteiger partial charge in [0.15, 0.2) is 0 Å². The monoisotopic (exact) mass is 612 g/mol. The van der Waals surface area contributed by atoms with Crippen LogP contribution in [0.4, 0.5) is 74.6 Å². The normalized spacial score (nSPS) is 15.8. The first kappa shape index (κ1) is 34.5. The van der Waals surface area contributed by atoms with Crippen LogP contribution in [0.1, 0.15) is 35.4 Å². The third-order valence-corrected chi connectivity index (χ3v) is 5.04. The molecule has 0 amide bonds. The van der Waals surface area contributed by atoms with Gasteiger partial charge in [-0.2, -0.15) is 74.6 Å². The number of carbonyl (C=O) groups excluding carboxylic acids is 1. The summed E-state index contributed by atoms with van der Waals surface area (Å²) in [6.07, 6.45) is -13.9. The number of hydrogen-bond donors (Lipinski definition) is 1. The fraction of sp³-hybridized carbons (Fsp3) is 0.632. The van der Waals surface area contributed by atoms with E-state index in [0.29, 0.717) is 24.3 Å². The molecule has 1 unspecified atom stereocenters. The zero-order valence-electron chi connectivity index (χ0n) is 18.5. The topological polar surface area (TPSA) is 46.5 Å². The Kier molecular flexibility index (Phi) is 8.96. The van der Waals surface area contributed by atoms with Crippen LogP contribution >= 0.6 is 0 Å². The fourth-order valence-corrected chi connectivity index (χ4v) is 2.74. The largest absolute Gasteiger partial charge is 0.462 e. The molecule has 3 nitrogen and oxygen atoms in total. The molecule has 1 aromatic rings. The Morgan fingerprint density at radius 3 is 1.38 bits per heavy atom. The van der Waals surface area contributed by atoms with Gasteiger partial charge >= 0.3 is 53.6 Å². The lowest BCUT2D eigenvalue weighted by atomic mass is 9.87. The second kappa shape index (κ2) is 10.1. The van der Waals surface area contributed by atoms with Crippen LogP contribution in [0, 0.1) is 0 Å². The van der Waals surface area contributed by atoms with Gasteiger partial charge < -0.3 is 9.84 Å². The van der Waals surface area contributed by atoms with E-state index < -0.39 is 71.7 Å². The van der Waals surface area contributed by atoms with Gasteiger partial charge in [-0.1, -0.05) is 12.1 Å². The average molecular weight is 612 g/mol. The summed E-state index contributed by atoms with van der Waals surface area (Å²) in [4.78, 5) is 11.5. The number of hydrogen-bond acceptors (Lipinski definition) is 3. The highest BCUT2D eigenvalue weighted by Crippen LogP contribution is 2.64. The summed E-state index contributed by atoms with van der Waals surface area (Å²) in [5, 5.41) is 9.65. The molecule has 0 saturated carbocycles. The lowest BCUT2D eigenvalue weighted by Gasteiger charge is -2.43. The number of halogens is 17. The van der Waals surface area contributed by atoms with Crippen LogP contribution in [-0.4, -0.2) is 65.3 Å². The first-order valence-electron chi connectivity index (χ1n) is 9.75. The SMILES string of the molecule is CCOC(=O)c1ccc(C(O)CC(F)(F)C(F)(F)C(F)(F)C(F)(F)C(F)(F)C(F)(F)C(F)(F)C(F)(F)F)cc1. The first-order valence-corrected chi connectivity index (χ1v) is 9.75. The molecule has 1 N–H and O–H groups in total. The second-order valence-electron chi connectivity index (χ2n) is 7.71. The molecule has 0 aliphatic heterocycles. The molecule has 1 aromatic carbocycles. The van der Waals surface area contributed by atoms with E-state index in [1.807, 2.05) is 0 Å². The Bertz CT molecular complexity index is 1020. The van der Waals surface area contributed by atoms with Crippen molar-refractivity contribution in [2.75, 3.05) is 6.61 Å². The Labute approximate surface area is 205 Å². The Morgan fingerprint density at radius 2 is 1.03 bits per heavy atom. The standard InChI is InChI=1S/C19H13F17O3/c1-2-39-11(38)9-5-3-8(4-6-9)10(37)7-12(20,21)13(22,23)14(24,25)15(26,27)16(28,29)17(30,31)18(32,33)19(34,35)36/h3-6,10,37H,2,7H2,1H3. The first-order chi connectivity index (χ1) is 17.1. The number of esters is 1. The number of carbonyl (C=O) groups is 1. The van der Waals surface area contributed by atoms with E-state index in [0.717, 1.165) is 0 Å². The summed E-state index contributed by atoms with van der Waals surface area (Å²) >= 11 is 0. The summed E-state index contributed by atoms with van der Waals surface area (Å²) in [5.41, 5.74) is -1.25. The molecule has 0 aliphatic carbocycles. The highest BCUT2D eigenvalue weighted by molar-refractivity contribution is 5.89. The molecule has 0 radical (unpaired) electrons. The minimum atomic E-state index is -8.72. The second-order valence-corrected chi connectivity index (χ2v) is 7.71. The molecule has 0 spiro atoms. The van der Waals surface area contributed by atoms with Crippen molar-refractivity contribution in [3.8, 4) is 0 Å². The summed E-state index contributed by atoms with van der Waals surface area (Å²) in [6, 6.07) is 2.48. The quantitative estimate of drug-likeness (QED) is 0.211. The smallest absolute Gasteiger partial charge is 0.460 e. The molecule has 0 aromatic heterocycles. The van der Waals surface area contributed by atoms with E-state index >= 15 is 0 Å². The highest BCUT2D eigenvalue weighted by Gasteiger charge is 2.95. The van der Waals surface area contributed by atoms with Gasteiger partial charge in [-0.25, -0.2) is 4.79 Å². The average Bonchev–Trinajstić information content (AvgIpc) is 2.77. The van der Waals surface area contributed by atoms with Crippen LogP contribution in [-0.2, 0) is 4.74 Å². The Hall–Kier alpha value is -2.54. The molecule has 1 atom stereocenters. The number of rotatable bonds is 11. The van der Waals surface area contributed by atoms with Gasteiger partial charge in [0, 0.05) is 6.42 Å². The Morgan fingerprint density at radius 1 is 0.667 bits per heavy atom. The molecular weight excluding hydrogens is 599 g/mol. The van der Waals surface area contributed by atoms with Gasteiger partial charge in [-0.15, -0.1) is 0 Å². The number of aliphatic hydroxyl groups excluding tert-OH is 1. The summed E-state index contributed by atoms with van der Waals surface area (Å²) < 4.78 is 230. The van der Waals surface area contributed by atoms with Crippen molar-refractivity contribution in [2.45, 2.75) is 67.1 Å². The minimum Gasteiger partial charge on any atom is -0.462 e. The van der Waals surface area contributed by atoms with Crippen LogP contribution in [0.2, 0.25) is 0 Å². The van der Waals surface area contributed by atoms with Crippen molar-refractivity contribution in [1.82, 2.24) is 0 Å². The minimum absolute atomic E-state index is 0.164. The van der Waals surface area contributed by atoms with Gasteiger partial charge in [0.2, 0.25) is 0 Å². The number of ether oxygens (including phenoxy) is 1. The number of alkyl halides is 17. The zero-order chi connectivity index (χ0) is 31.3. The van der Waals surface area contributed by atoms with Crippen molar-refractivity contribution in [2.24, 2.45) is 0 Å².